The molecule has 1 aromatic carbocycles. The highest BCUT2D eigenvalue weighted by atomic mass is 32.1. The van der Waals surface area contributed by atoms with Gasteiger partial charge in [0.2, 0.25) is 5.91 Å². The van der Waals surface area contributed by atoms with Gasteiger partial charge in [0.15, 0.2) is 0 Å². The Kier molecular flexibility index (Phi) is 4.87. The van der Waals surface area contributed by atoms with E-state index in [1.165, 1.54) is 4.70 Å². The van der Waals surface area contributed by atoms with Crippen molar-refractivity contribution in [1.82, 2.24) is 10.3 Å². The topological polar surface area (TPSA) is 62.2 Å². The molecular weight excluding hydrogens is 260 g/mol. The lowest BCUT2D eigenvalue weighted by atomic mass is 10.2. The van der Waals surface area contributed by atoms with Gasteiger partial charge in [0.05, 0.1) is 21.8 Å². The van der Waals surface area contributed by atoms with Crippen LogP contribution in [-0.2, 0) is 11.2 Å². The van der Waals surface area contributed by atoms with Gasteiger partial charge >= 0.3 is 0 Å². The number of hydrogen-bond acceptors (Lipinski definition) is 4. The van der Waals surface area contributed by atoms with Crippen molar-refractivity contribution in [2.75, 3.05) is 6.61 Å². The molecule has 0 aliphatic heterocycles. The van der Waals surface area contributed by atoms with Gasteiger partial charge in [0.25, 0.3) is 0 Å². The van der Waals surface area contributed by atoms with Crippen LogP contribution in [0.3, 0.4) is 0 Å². The van der Waals surface area contributed by atoms with Crippen molar-refractivity contribution in [1.29, 1.82) is 0 Å². The van der Waals surface area contributed by atoms with E-state index in [1.807, 2.05) is 18.2 Å². The third-order valence-corrected chi connectivity index (χ3v) is 3.91. The van der Waals surface area contributed by atoms with Crippen molar-refractivity contribution in [3.63, 3.8) is 0 Å². The minimum Gasteiger partial charge on any atom is -0.394 e. The first kappa shape index (κ1) is 14.0. The third-order valence-electron chi connectivity index (χ3n) is 2.81. The number of nitrogens with zero attached hydrogens (tertiary/aromatic N) is 1. The Hall–Kier alpha value is -1.46. The summed E-state index contributed by atoms with van der Waals surface area (Å²) in [5, 5.41) is 12.7. The number of para-hydroxylation sites is 1. The van der Waals surface area contributed by atoms with Gasteiger partial charge in [-0.05, 0) is 31.9 Å². The summed E-state index contributed by atoms with van der Waals surface area (Å²) in [6.07, 6.45) is 2.07. The first-order valence-electron chi connectivity index (χ1n) is 6.43. The molecule has 1 unspecified atom stereocenters. The lowest BCUT2D eigenvalue weighted by Gasteiger charge is -2.09. The third kappa shape index (κ3) is 4.01. The van der Waals surface area contributed by atoms with E-state index in [2.05, 4.69) is 16.4 Å². The molecule has 2 aromatic rings. The fourth-order valence-corrected chi connectivity index (χ4v) is 2.83. The second kappa shape index (κ2) is 6.63. The summed E-state index contributed by atoms with van der Waals surface area (Å²) in [7, 11) is 0. The maximum absolute atomic E-state index is 11.5. The van der Waals surface area contributed by atoms with E-state index >= 15 is 0 Å². The van der Waals surface area contributed by atoms with Gasteiger partial charge < -0.3 is 10.4 Å². The zero-order valence-corrected chi connectivity index (χ0v) is 11.7. The van der Waals surface area contributed by atoms with Gasteiger partial charge in [-0.3, -0.25) is 4.79 Å². The molecule has 1 amide bonds. The molecule has 0 saturated carbocycles. The lowest BCUT2D eigenvalue weighted by Crippen LogP contribution is -2.34. The van der Waals surface area contributed by atoms with E-state index in [1.54, 1.807) is 18.3 Å². The molecule has 102 valence electrons. The number of thiazole rings is 1. The number of aryl methyl sites for hydroxylation is 1. The van der Waals surface area contributed by atoms with Crippen LogP contribution < -0.4 is 5.32 Å². The molecule has 0 bridgehead atoms. The number of carbonyl (C=O) groups is 1. The summed E-state index contributed by atoms with van der Waals surface area (Å²) in [6, 6.07) is 7.88. The molecule has 19 heavy (non-hydrogen) atoms. The number of hydrogen-bond donors (Lipinski definition) is 2. The molecule has 4 nitrogen and oxygen atoms in total. The summed E-state index contributed by atoms with van der Waals surface area (Å²) >= 11 is 1.68. The van der Waals surface area contributed by atoms with Crippen LogP contribution in [0.5, 0.6) is 0 Å². The highest BCUT2D eigenvalue weighted by molar-refractivity contribution is 7.18. The first-order chi connectivity index (χ1) is 9.19. The molecule has 1 heterocycles. The Bertz CT molecular complexity index is 520. The minimum absolute atomic E-state index is 0.0114. The number of benzene rings is 1. The summed E-state index contributed by atoms with van der Waals surface area (Å²) in [5.74, 6) is -0.0114. The molecule has 1 aromatic heterocycles. The van der Waals surface area contributed by atoms with Crippen molar-refractivity contribution in [2.24, 2.45) is 0 Å². The quantitative estimate of drug-likeness (QED) is 0.850. The second-order valence-corrected chi connectivity index (χ2v) is 5.70. The number of fused-ring (bicyclic) bond motifs is 1. The Labute approximate surface area is 116 Å². The van der Waals surface area contributed by atoms with Crippen LogP contribution in [-0.4, -0.2) is 28.6 Å². The molecule has 0 radical (unpaired) electrons. The second-order valence-electron chi connectivity index (χ2n) is 4.58. The van der Waals surface area contributed by atoms with Crippen molar-refractivity contribution >= 4 is 27.5 Å². The van der Waals surface area contributed by atoms with Crippen LogP contribution in [0.4, 0.5) is 0 Å². The van der Waals surface area contributed by atoms with E-state index in [9.17, 15) is 4.79 Å². The normalized spacial score (nSPS) is 12.5. The molecule has 0 spiro atoms. The number of aromatic nitrogens is 1. The summed E-state index contributed by atoms with van der Waals surface area (Å²) < 4.78 is 1.19. The van der Waals surface area contributed by atoms with Crippen molar-refractivity contribution < 1.29 is 9.90 Å². The number of rotatable bonds is 6. The zero-order chi connectivity index (χ0) is 13.7. The monoisotopic (exact) mass is 278 g/mol. The molecule has 5 heteroatoms. The molecule has 2 N–H and O–H groups in total. The maximum atomic E-state index is 11.5. The molecule has 0 fully saturated rings. The average Bonchev–Trinajstić information content (AvgIpc) is 2.81. The van der Waals surface area contributed by atoms with E-state index in [0.29, 0.717) is 6.42 Å². The molecule has 0 aliphatic rings. The molecule has 1 atom stereocenters. The summed E-state index contributed by atoms with van der Waals surface area (Å²) in [6.45, 7) is 1.76. The van der Waals surface area contributed by atoms with Crippen LogP contribution in [0, 0.1) is 0 Å². The molecule has 0 aliphatic carbocycles. The number of nitrogens with one attached hydrogen (secondary N) is 1. The maximum Gasteiger partial charge on any atom is 0.220 e. The van der Waals surface area contributed by atoms with Crippen LogP contribution >= 0.6 is 11.3 Å². The molecule has 0 saturated heterocycles. The number of aliphatic hydroxyl groups is 1. The highest BCUT2D eigenvalue weighted by Gasteiger charge is 2.07. The van der Waals surface area contributed by atoms with Crippen molar-refractivity contribution in [3.05, 3.63) is 29.3 Å². The van der Waals surface area contributed by atoms with Gasteiger partial charge in [0.1, 0.15) is 0 Å². The van der Waals surface area contributed by atoms with Gasteiger partial charge in [-0.15, -0.1) is 11.3 Å². The largest absolute Gasteiger partial charge is 0.394 e. The van der Waals surface area contributed by atoms with Gasteiger partial charge in [-0.1, -0.05) is 12.1 Å². The van der Waals surface area contributed by atoms with Crippen LogP contribution in [0.15, 0.2) is 24.3 Å². The molecular formula is C14H18N2O2S. The Morgan fingerprint density at radius 2 is 2.26 bits per heavy atom. The first-order valence-corrected chi connectivity index (χ1v) is 7.25. The van der Waals surface area contributed by atoms with Crippen molar-refractivity contribution in [2.45, 2.75) is 32.2 Å². The number of carbonyl (C=O) groups excluding carboxylic acids is 1. The van der Waals surface area contributed by atoms with E-state index in [0.717, 1.165) is 23.4 Å². The zero-order valence-electron chi connectivity index (χ0n) is 10.9. The summed E-state index contributed by atoms with van der Waals surface area (Å²) in [5.41, 5.74) is 1.03. The molecule has 2 rings (SSSR count). The predicted octanol–water partition coefficient (Wildman–Crippen LogP) is 2.12. The van der Waals surface area contributed by atoms with E-state index < -0.39 is 0 Å². The number of amides is 1. The van der Waals surface area contributed by atoms with Crippen molar-refractivity contribution in [3.8, 4) is 0 Å². The Morgan fingerprint density at radius 3 is 3.00 bits per heavy atom. The highest BCUT2D eigenvalue weighted by Crippen LogP contribution is 2.22. The summed E-state index contributed by atoms with van der Waals surface area (Å²) in [4.78, 5) is 16.1. The smallest absolute Gasteiger partial charge is 0.220 e. The van der Waals surface area contributed by atoms with E-state index in [-0.39, 0.29) is 18.6 Å². The van der Waals surface area contributed by atoms with Crippen LogP contribution in [0.1, 0.15) is 24.8 Å². The van der Waals surface area contributed by atoms with Crippen LogP contribution in [0.2, 0.25) is 0 Å². The Balaban J connectivity index is 1.81. The minimum atomic E-state index is -0.171. The standard InChI is InChI=1S/C14H18N2O2S/c1-10(9-17)15-13(18)7-4-8-14-16-11-5-2-3-6-12(11)19-14/h2-3,5-6,10,17H,4,7-9H2,1H3,(H,15,18). The fourth-order valence-electron chi connectivity index (χ4n) is 1.82. The van der Waals surface area contributed by atoms with Gasteiger partial charge in [-0.25, -0.2) is 4.98 Å². The SMILES string of the molecule is CC(CO)NC(=O)CCCc1nc2ccccc2s1. The Morgan fingerprint density at radius 1 is 1.47 bits per heavy atom. The van der Waals surface area contributed by atoms with Crippen LogP contribution in [0.25, 0.3) is 10.2 Å². The average molecular weight is 278 g/mol. The van der Waals surface area contributed by atoms with Gasteiger partial charge in [-0.2, -0.15) is 0 Å². The lowest BCUT2D eigenvalue weighted by molar-refractivity contribution is -0.122. The fraction of sp³-hybridized carbons (Fsp3) is 0.429. The number of aliphatic hydroxyl groups excluding tert-OH is 1. The predicted molar refractivity (Wildman–Crippen MR) is 77.2 cm³/mol. The van der Waals surface area contributed by atoms with Gasteiger partial charge in [0, 0.05) is 12.5 Å². The van der Waals surface area contributed by atoms with E-state index in [4.69, 9.17) is 5.11 Å².